The third-order valence-electron chi connectivity index (χ3n) is 4.75. The third-order valence-corrected chi connectivity index (χ3v) is 6.90. The summed E-state index contributed by atoms with van der Waals surface area (Å²) in [7, 11) is 0. The number of carbonyl (C=O) groups is 1. The molecule has 0 atom stereocenters. The van der Waals surface area contributed by atoms with E-state index in [1.807, 2.05) is 60.0 Å². The van der Waals surface area contributed by atoms with Crippen LogP contribution in [0.5, 0.6) is 5.75 Å². The fourth-order valence-corrected chi connectivity index (χ4v) is 4.75. The van der Waals surface area contributed by atoms with Gasteiger partial charge in [0.25, 0.3) is 0 Å². The van der Waals surface area contributed by atoms with Crippen molar-refractivity contribution in [2.75, 3.05) is 11.1 Å². The van der Waals surface area contributed by atoms with Gasteiger partial charge in [-0.2, -0.15) is 0 Å². The maximum absolute atomic E-state index is 12.4. The van der Waals surface area contributed by atoms with Gasteiger partial charge in [-0.3, -0.25) is 4.79 Å². The summed E-state index contributed by atoms with van der Waals surface area (Å²) >= 11 is 8.22. The molecule has 164 valence electrons. The van der Waals surface area contributed by atoms with Crippen LogP contribution in [0.4, 0.5) is 5.69 Å². The summed E-state index contributed by atoms with van der Waals surface area (Å²) in [5.41, 5.74) is 0.714. The number of nitrogens with zero attached hydrogens (tertiary/aromatic N) is 3. The summed E-state index contributed by atoms with van der Waals surface area (Å²) in [6.45, 7) is 3.00. The first kappa shape index (κ1) is 22.8. The van der Waals surface area contributed by atoms with E-state index in [4.69, 9.17) is 4.74 Å². The minimum atomic E-state index is -0.118. The Hall–Kier alpha value is -2.36. The lowest BCUT2D eigenvalue weighted by atomic mass is 10.1. The molecule has 0 bridgehead atoms. The van der Waals surface area contributed by atoms with Gasteiger partial charge in [0.2, 0.25) is 5.91 Å². The molecule has 4 aromatic rings. The highest BCUT2D eigenvalue weighted by molar-refractivity contribution is 9.11. The van der Waals surface area contributed by atoms with Crippen LogP contribution in [0.3, 0.4) is 0 Å². The van der Waals surface area contributed by atoms with Gasteiger partial charge in [-0.15, -0.1) is 10.2 Å². The molecule has 0 radical (unpaired) electrons. The van der Waals surface area contributed by atoms with E-state index in [2.05, 4.69) is 59.5 Å². The van der Waals surface area contributed by atoms with Crippen LogP contribution in [-0.2, 0) is 17.9 Å². The van der Waals surface area contributed by atoms with E-state index in [0.29, 0.717) is 24.0 Å². The number of hydrogen-bond donors (Lipinski definition) is 1. The van der Waals surface area contributed by atoms with Gasteiger partial charge in [-0.25, -0.2) is 0 Å². The highest BCUT2D eigenvalue weighted by Gasteiger charge is 2.15. The third kappa shape index (κ3) is 5.33. The van der Waals surface area contributed by atoms with E-state index < -0.39 is 0 Å². The van der Waals surface area contributed by atoms with Gasteiger partial charge in [0.15, 0.2) is 11.0 Å². The van der Waals surface area contributed by atoms with Gasteiger partial charge in [-0.05, 0) is 52.5 Å². The van der Waals surface area contributed by atoms with Crippen molar-refractivity contribution in [1.29, 1.82) is 0 Å². The van der Waals surface area contributed by atoms with Crippen LogP contribution in [0.2, 0.25) is 0 Å². The van der Waals surface area contributed by atoms with Crippen LogP contribution in [0.25, 0.3) is 10.8 Å². The fourth-order valence-electron chi connectivity index (χ4n) is 3.22. The average Bonchev–Trinajstić information content (AvgIpc) is 3.20. The predicted octanol–water partition coefficient (Wildman–Crippen LogP) is 6.29. The number of ether oxygens (including phenoxy) is 1. The predicted molar refractivity (Wildman–Crippen MR) is 135 cm³/mol. The van der Waals surface area contributed by atoms with Crippen molar-refractivity contribution in [3.63, 3.8) is 0 Å². The molecule has 0 saturated carbocycles. The Kier molecular flexibility index (Phi) is 7.49. The number of carbonyl (C=O) groups excluding carboxylic acids is 1. The molecule has 0 unspecified atom stereocenters. The summed E-state index contributed by atoms with van der Waals surface area (Å²) in [6.07, 6.45) is 0. The number of halogens is 2. The highest BCUT2D eigenvalue weighted by atomic mass is 79.9. The summed E-state index contributed by atoms with van der Waals surface area (Å²) in [5, 5.41) is 14.3. The van der Waals surface area contributed by atoms with Gasteiger partial charge in [0.05, 0.1) is 11.4 Å². The number of anilines is 1. The van der Waals surface area contributed by atoms with Crippen molar-refractivity contribution in [2.45, 2.75) is 25.2 Å². The largest absolute Gasteiger partial charge is 0.485 e. The Bertz CT molecular complexity index is 1260. The molecule has 0 aliphatic carbocycles. The van der Waals surface area contributed by atoms with E-state index in [-0.39, 0.29) is 11.7 Å². The van der Waals surface area contributed by atoms with E-state index in [1.165, 1.54) is 11.8 Å². The molecular weight excluding hydrogens is 556 g/mol. The van der Waals surface area contributed by atoms with Gasteiger partial charge in [-0.1, -0.05) is 64.1 Å². The first-order valence-electron chi connectivity index (χ1n) is 9.95. The normalized spacial score (nSPS) is 11.0. The van der Waals surface area contributed by atoms with E-state index in [1.54, 1.807) is 0 Å². The molecular formula is C23H20Br2N4O2S. The number of aromatic nitrogens is 3. The molecule has 0 saturated heterocycles. The minimum absolute atomic E-state index is 0.118. The molecule has 9 heteroatoms. The Morgan fingerprint density at radius 2 is 1.91 bits per heavy atom. The maximum atomic E-state index is 12.4. The van der Waals surface area contributed by atoms with E-state index in [9.17, 15) is 4.79 Å². The summed E-state index contributed by atoms with van der Waals surface area (Å²) < 4.78 is 9.76. The minimum Gasteiger partial charge on any atom is -0.485 e. The number of fused-ring (bicyclic) bond motifs is 1. The molecule has 6 nitrogen and oxygen atoms in total. The van der Waals surface area contributed by atoms with E-state index >= 15 is 0 Å². The average molecular weight is 576 g/mol. The molecule has 0 spiro atoms. The van der Waals surface area contributed by atoms with Crippen LogP contribution in [0.15, 0.2) is 74.8 Å². The second-order valence-corrected chi connectivity index (χ2v) is 9.58. The van der Waals surface area contributed by atoms with Crippen molar-refractivity contribution in [1.82, 2.24) is 14.8 Å². The van der Waals surface area contributed by atoms with Crippen LogP contribution in [-0.4, -0.2) is 26.4 Å². The topological polar surface area (TPSA) is 69.0 Å². The van der Waals surface area contributed by atoms with Crippen molar-refractivity contribution in [2.24, 2.45) is 0 Å². The van der Waals surface area contributed by atoms with Gasteiger partial charge >= 0.3 is 0 Å². The molecule has 1 aromatic heterocycles. The van der Waals surface area contributed by atoms with Gasteiger partial charge in [0.1, 0.15) is 12.4 Å². The zero-order chi connectivity index (χ0) is 22.5. The zero-order valence-electron chi connectivity index (χ0n) is 17.2. The highest BCUT2D eigenvalue weighted by Crippen LogP contribution is 2.28. The molecule has 3 aromatic carbocycles. The fraction of sp³-hybridized carbons (Fsp3) is 0.174. The number of thioether (sulfide) groups is 1. The molecule has 0 aliphatic rings. The molecule has 0 fully saturated rings. The smallest absolute Gasteiger partial charge is 0.234 e. The number of hydrogen-bond acceptors (Lipinski definition) is 5. The monoisotopic (exact) mass is 574 g/mol. The number of rotatable bonds is 8. The number of nitrogens with one attached hydrogen (secondary N) is 1. The maximum Gasteiger partial charge on any atom is 0.234 e. The standard InChI is InChI=1S/C23H20Br2N4O2S/c1-2-29-21(13-31-20-9-5-7-15-6-3-4-8-17(15)20)27-28-23(29)32-14-22(30)26-19-12-16(24)10-11-18(19)25/h3-12H,2,13-14H2,1H3,(H,26,30). The van der Waals surface area contributed by atoms with E-state index in [0.717, 1.165) is 31.3 Å². The second kappa shape index (κ2) is 10.5. The molecule has 1 amide bonds. The summed E-state index contributed by atoms with van der Waals surface area (Å²) in [6, 6.07) is 19.7. The Labute approximate surface area is 207 Å². The van der Waals surface area contributed by atoms with Crippen molar-refractivity contribution >= 4 is 66.0 Å². The van der Waals surface area contributed by atoms with Gasteiger partial charge < -0.3 is 14.6 Å². The van der Waals surface area contributed by atoms with Crippen molar-refractivity contribution < 1.29 is 9.53 Å². The van der Waals surface area contributed by atoms with Crippen molar-refractivity contribution in [3.05, 3.63) is 75.4 Å². The molecule has 1 N–H and O–H groups in total. The Morgan fingerprint density at radius 3 is 2.75 bits per heavy atom. The molecule has 0 aliphatic heterocycles. The van der Waals surface area contributed by atoms with Crippen LogP contribution in [0, 0.1) is 0 Å². The summed E-state index contributed by atoms with van der Waals surface area (Å²) in [4.78, 5) is 12.4. The first-order chi connectivity index (χ1) is 15.5. The van der Waals surface area contributed by atoms with Crippen LogP contribution in [0.1, 0.15) is 12.7 Å². The summed E-state index contributed by atoms with van der Waals surface area (Å²) in [5.74, 6) is 1.63. The lowest BCUT2D eigenvalue weighted by Crippen LogP contribution is -2.15. The molecule has 1 heterocycles. The lowest BCUT2D eigenvalue weighted by Gasteiger charge is -2.11. The van der Waals surface area contributed by atoms with Gasteiger partial charge in [0, 0.05) is 20.9 Å². The molecule has 4 rings (SSSR count). The quantitative estimate of drug-likeness (QED) is 0.250. The number of amides is 1. The Morgan fingerprint density at radius 1 is 1.09 bits per heavy atom. The zero-order valence-corrected chi connectivity index (χ0v) is 21.2. The number of benzene rings is 3. The Balaban J connectivity index is 1.40. The van der Waals surface area contributed by atoms with Crippen LogP contribution >= 0.6 is 43.6 Å². The van der Waals surface area contributed by atoms with Crippen molar-refractivity contribution in [3.8, 4) is 5.75 Å². The van der Waals surface area contributed by atoms with Crippen LogP contribution < -0.4 is 10.1 Å². The molecule has 32 heavy (non-hydrogen) atoms. The first-order valence-corrected chi connectivity index (χ1v) is 12.5. The lowest BCUT2D eigenvalue weighted by molar-refractivity contribution is -0.113. The second-order valence-electron chi connectivity index (χ2n) is 6.87. The SMILES string of the molecule is CCn1c(COc2cccc3ccccc23)nnc1SCC(=O)Nc1cc(Br)ccc1Br.